The van der Waals surface area contributed by atoms with Crippen molar-refractivity contribution in [1.29, 1.82) is 0 Å². The topological polar surface area (TPSA) is 65.5 Å². The molecule has 27 heavy (non-hydrogen) atoms. The molecule has 7 heteroatoms. The molecule has 2 aromatic rings. The number of carbonyl (C=O) groups is 2. The molecule has 1 fully saturated rings. The van der Waals surface area contributed by atoms with Crippen molar-refractivity contribution in [3.05, 3.63) is 23.2 Å². The quantitative estimate of drug-likeness (QED) is 0.706. The Morgan fingerprint density at radius 3 is 2.89 bits per heavy atom. The van der Waals surface area contributed by atoms with Crippen molar-refractivity contribution in [1.82, 2.24) is 15.2 Å². The molecule has 1 aliphatic heterocycles. The minimum atomic E-state index is -0.279. The number of nitrogens with one attached hydrogen (secondary N) is 1. The van der Waals surface area contributed by atoms with Gasteiger partial charge in [-0.2, -0.15) is 0 Å². The van der Waals surface area contributed by atoms with Gasteiger partial charge in [0, 0.05) is 25.2 Å². The summed E-state index contributed by atoms with van der Waals surface area (Å²) >= 11 is 1.64. The van der Waals surface area contributed by atoms with Crippen molar-refractivity contribution in [3.8, 4) is 0 Å². The summed E-state index contributed by atoms with van der Waals surface area (Å²) in [5.41, 5.74) is 1.74. The van der Waals surface area contributed by atoms with Crippen LogP contribution in [-0.2, 0) is 9.59 Å². The van der Waals surface area contributed by atoms with Crippen LogP contribution < -0.4 is 10.2 Å². The van der Waals surface area contributed by atoms with E-state index in [0.29, 0.717) is 13.1 Å². The monoisotopic (exact) mass is 388 g/mol. The second-order valence-electron chi connectivity index (χ2n) is 6.96. The molecule has 2 heterocycles. The molecule has 0 saturated carbocycles. The summed E-state index contributed by atoms with van der Waals surface area (Å²) < 4.78 is 1.12. The molecule has 1 aromatic carbocycles. The second kappa shape index (κ2) is 8.80. The van der Waals surface area contributed by atoms with Gasteiger partial charge < -0.3 is 15.1 Å². The van der Waals surface area contributed by atoms with Crippen LogP contribution in [0.2, 0.25) is 0 Å². The summed E-state index contributed by atoms with van der Waals surface area (Å²) in [5.74, 6) is -0.292. The van der Waals surface area contributed by atoms with Gasteiger partial charge in [0.2, 0.25) is 11.8 Å². The van der Waals surface area contributed by atoms with Crippen molar-refractivity contribution in [2.45, 2.75) is 33.6 Å². The van der Waals surface area contributed by atoms with E-state index in [-0.39, 0.29) is 24.2 Å². The summed E-state index contributed by atoms with van der Waals surface area (Å²) in [6.07, 6.45) is 1.20. The Hall–Kier alpha value is -1.99. The number of amides is 2. The van der Waals surface area contributed by atoms with Crippen LogP contribution in [0.4, 0.5) is 5.69 Å². The smallest absolute Gasteiger partial charge is 0.227 e. The normalized spacial score (nSPS) is 17.3. The van der Waals surface area contributed by atoms with Gasteiger partial charge in [0.25, 0.3) is 0 Å². The van der Waals surface area contributed by atoms with E-state index in [2.05, 4.69) is 29.0 Å². The van der Waals surface area contributed by atoms with Gasteiger partial charge in [-0.1, -0.05) is 13.8 Å². The highest BCUT2D eigenvalue weighted by Gasteiger charge is 2.35. The third kappa shape index (κ3) is 4.65. The second-order valence-corrected chi connectivity index (χ2v) is 8.20. The van der Waals surface area contributed by atoms with Crippen LogP contribution in [0.3, 0.4) is 0 Å². The number of aromatic nitrogens is 1. The van der Waals surface area contributed by atoms with Gasteiger partial charge in [0.15, 0.2) is 0 Å². The van der Waals surface area contributed by atoms with Crippen LogP contribution in [0.5, 0.6) is 0 Å². The number of hydrogen-bond acceptors (Lipinski definition) is 5. The van der Waals surface area contributed by atoms with E-state index < -0.39 is 0 Å². The molecule has 1 unspecified atom stereocenters. The molecule has 6 nitrogen and oxygen atoms in total. The highest BCUT2D eigenvalue weighted by atomic mass is 32.1. The molecule has 0 radical (unpaired) electrons. The van der Waals surface area contributed by atoms with E-state index in [1.54, 1.807) is 16.2 Å². The predicted molar refractivity (Wildman–Crippen MR) is 110 cm³/mol. The summed E-state index contributed by atoms with van der Waals surface area (Å²) in [6.45, 7) is 10.4. The number of fused-ring (bicyclic) bond motifs is 1. The number of nitrogens with zero attached hydrogens (tertiary/aromatic N) is 3. The molecular weight excluding hydrogens is 360 g/mol. The molecule has 1 aromatic heterocycles. The fourth-order valence-corrected chi connectivity index (χ4v) is 4.34. The van der Waals surface area contributed by atoms with Gasteiger partial charge in [-0.25, -0.2) is 4.98 Å². The van der Waals surface area contributed by atoms with E-state index >= 15 is 0 Å². The van der Waals surface area contributed by atoms with Crippen LogP contribution in [-0.4, -0.2) is 54.4 Å². The van der Waals surface area contributed by atoms with Crippen molar-refractivity contribution < 1.29 is 9.59 Å². The van der Waals surface area contributed by atoms with Crippen LogP contribution in [0, 0.1) is 12.8 Å². The largest absolute Gasteiger partial charge is 0.356 e. The van der Waals surface area contributed by atoms with Crippen molar-refractivity contribution in [3.63, 3.8) is 0 Å². The van der Waals surface area contributed by atoms with Gasteiger partial charge in [0.05, 0.1) is 21.1 Å². The first-order chi connectivity index (χ1) is 13.0. The molecule has 2 amide bonds. The first-order valence-electron chi connectivity index (χ1n) is 9.69. The zero-order valence-corrected chi connectivity index (χ0v) is 17.1. The number of carbonyl (C=O) groups excluding carboxylic acids is 2. The average molecular weight is 389 g/mol. The van der Waals surface area contributed by atoms with Crippen molar-refractivity contribution >= 4 is 39.1 Å². The molecule has 0 aliphatic carbocycles. The summed E-state index contributed by atoms with van der Waals surface area (Å²) in [7, 11) is 0. The highest BCUT2D eigenvalue weighted by molar-refractivity contribution is 7.18. The molecule has 3 rings (SSSR count). The number of rotatable bonds is 8. The Morgan fingerprint density at radius 2 is 2.15 bits per heavy atom. The first kappa shape index (κ1) is 19.8. The lowest BCUT2D eigenvalue weighted by molar-refractivity contribution is -0.126. The van der Waals surface area contributed by atoms with E-state index in [1.807, 2.05) is 25.1 Å². The summed E-state index contributed by atoms with van der Waals surface area (Å²) in [6, 6.07) is 5.90. The zero-order valence-electron chi connectivity index (χ0n) is 16.3. The average Bonchev–Trinajstić information content (AvgIpc) is 3.22. The van der Waals surface area contributed by atoms with Crippen LogP contribution in [0.15, 0.2) is 18.2 Å². The number of benzene rings is 1. The summed E-state index contributed by atoms with van der Waals surface area (Å²) in [4.78, 5) is 33.5. The Bertz CT molecular complexity index is 815. The lowest BCUT2D eigenvalue weighted by Gasteiger charge is -2.18. The van der Waals surface area contributed by atoms with Crippen LogP contribution >= 0.6 is 11.3 Å². The summed E-state index contributed by atoms with van der Waals surface area (Å²) in [5, 5.41) is 4.01. The van der Waals surface area contributed by atoms with E-state index in [9.17, 15) is 9.59 Å². The number of hydrogen-bond donors (Lipinski definition) is 1. The molecule has 0 bridgehead atoms. The maximum absolute atomic E-state index is 12.5. The molecule has 0 spiro atoms. The molecule has 1 N–H and O–H groups in total. The van der Waals surface area contributed by atoms with E-state index in [0.717, 1.165) is 47.0 Å². The third-order valence-corrected chi connectivity index (χ3v) is 6.08. The molecule has 1 saturated heterocycles. The lowest BCUT2D eigenvalue weighted by atomic mass is 10.1. The Labute approximate surface area is 164 Å². The van der Waals surface area contributed by atoms with Crippen molar-refractivity contribution in [2.75, 3.05) is 37.6 Å². The van der Waals surface area contributed by atoms with Gasteiger partial charge in [-0.3, -0.25) is 9.59 Å². The van der Waals surface area contributed by atoms with Gasteiger partial charge >= 0.3 is 0 Å². The molecule has 1 aliphatic rings. The first-order valence-corrected chi connectivity index (χ1v) is 10.5. The van der Waals surface area contributed by atoms with Gasteiger partial charge in [0.1, 0.15) is 0 Å². The number of anilines is 1. The number of aryl methyl sites for hydroxylation is 1. The van der Waals surface area contributed by atoms with Crippen LogP contribution in [0.1, 0.15) is 31.7 Å². The Balaban J connectivity index is 1.55. The fraction of sp³-hybridized carbons (Fsp3) is 0.550. The zero-order chi connectivity index (χ0) is 19.4. The van der Waals surface area contributed by atoms with Crippen LogP contribution in [0.25, 0.3) is 10.2 Å². The van der Waals surface area contributed by atoms with Gasteiger partial charge in [-0.05, 0) is 51.2 Å². The van der Waals surface area contributed by atoms with Gasteiger partial charge in [-0.15, -0.1) is 11.3 Å². The standard InChI is InChI=1S/C20H28N4O2S/c1-4-23(5-2)10-6-9-21-20(26)15-11-19(25)24(13-15)16-7-8-18-17(12-16)22-14(3)27-18/h7-8,12,15H,4-6,9-11,13H2,1-3H3,(H,21,26). The minimum absolute atomic E-state index is 0.00425. The maximum atomic E-state index is 12.5. The highest BCUT2D eigenvalue weighted by Crippen LogP contribution is 2.30. The van der Waals surface area contributed by atoms with E-state index in [1.165, 1.54) is 0 Å². The molecule has 146 valence electrons. The Morgan fingerprint density at radius 1 is 1.37 bits per heavy atom. The third-order valence-electron chi connectivity index (χ3n) is 5.13. The SMILES string of the molecule is CCN(CC)CCCNC(=O)C1CC(=O)N(c2ccc3sc(C)nc3c2)C1. The number of thiazole rings is 1. The predicted octanol–water partition coefficient (Wildman–Crippen LogP) is 2.81. The maximum Gasteiger partial charge on any atom is 0.227 e. The Kier molecular flexibility index (Phi) is 6.44. The molecular formula is C20H28N4O2S. The van der Waals surface area contributed by atoms with E-state index in [4.69, 9.17) is 0 Å². The fourth-order valence-electron chi connectivity index (χ4n) is 3.53. The lowest BCUT2D eigenvalue weighted by Crippen LogP contribution is -2.35. The minimum Gasteiger partial charge on any atom is -0.356 e. The van der Waals surface area contributed by atoms with Crippen molar-refractivity contribution in [2.24, 2.45) is 5.92 Å². The molecule has 1 atom stereocenters.